The monoisotopic (exact) mass is 247 g/mol. The summed E-state index contributed by atoms with van der Waals surface area (Å²) >= 11 is 0. The van der Waals surface area contributed by atoms with Gasteiger partial charge in [-0.25, -0.2) is 0 Å². The van der Waals surface area contributed by atoms with Crippen LogP contribution in [0.15, 0.2) is 34.9 Å². The molecular weight excluding hydrogens is 226 g/mol. The highest BCUT2D eigenvalue weighted by molar-refractivity contribution is 5.78. The second-order valence-electron chi connectivity index (χ2n) is 4.97. The third-order valence-corrected chi connectivity index (χ3v) is 4.15. The Hall–Kier alpha value is -1.32. The standard InChI is InChI=1S/C15H21NO2/c1-4-15(2,14(10-17)16-3)12-5-6-13-11(9-12)7-8-18-13/h5-9,14,16-17H,4,10H2,1-3H3. The number of hydrogen-bond donors (Lipinski definition) is 2. The molecule has 1 heterocycles. The van der Waals surface area contributed by atoms with Gasteiger partial charge in [-0.05, 0) is 37.2 Å². The van der Waals surface area contributed by atoms with Crippen molar-refractivity contribution >= 4 is 11.0 Å². The molecule has 2 atom stereocenters. The minimum absolute atomic E-state index is 0.0480. The maximum atomic E-state index is 9.55. The van der Waals surface area contributed by atoms with Crippen LogP contribution in [0.5, 0.6) is 0 Å². The van der Waals surface area contributed by atoms with Gasteiger partial charge in [0.05, 0.1) is 12.9 Å². The number of hydrogen-bond acceptors (Lipinski definition) is 3. The van der Waals surface area contributed by atoms with Gasteiger partial charge in [-0.1, -0.05) is 19.9 Å². The Morgan fingerprint density at radius 1 is 1.39 bits per heavy atom. The summed E-state index contributed by atoms with van der Waals surface area (Å²) in [6.07, 6.45) is 2.67. The van der Waals surface area contributed by atoms with Crippen LogP contribution in [-0.4, -0.2) is 24.8 Å². The van der Waals surface area contributed by atoms with Gasteiger partial charge in [0.1, 0.15) is 5.58 Å². The number of likely N-dealkylation sites (N-methyl/N-ethyl adjacent to an activating group) is 1. The summed E-state index contributed by atoms with van der Waals surface area (Å²) in [5, 5.41) is 13.9. The first-order chi connectivity index (χ1) is 8.65. The molecule has 18 heavy (non-hydrogen) atoms. The van der Waals surface area contributed by atoms with Gasteiger partial charge in [0.2, 0.25) is 0 Å². The van der Waals surface area contributed by atoms with Gasteiger partial charge in [0, 0.05) is 16.8 Å². The van der Waals surface area contributed by atoms with Crippen molar-refractivity contribution in [1.29, 1.82) is 0 Å². The first-order valence-electron chi connectivity index (χ1n) is 6.41. The predicted molar refractivity (Wildman–Crippen MR) is 73.8 cm³/mol. The zero-order valence-corrected chi connectivity index (χ0v) is 11.2. The number of rotatable bonds is 5. The number of fused-ring (bicyclic) bond motifs is 1. The lowest BCUT2D eigenvalue weighted by molar-refractivity contribution is 0.186. The summed E-state index contributed by atoms with van der Waals surface area (Å²) in [6.45, 7) is 4.47. The molecule has 0 fully saturated rings. The van der Waals surface area contributed by atoms with Crippen LogP contribution < -0.4 is 5.32 Å². The van der Waals surface area contributed by atoms with Gasteiger partial charge in [-0.3, -0.25) is 0 Å². The highest BCUT2D eigenvalue weighted by Gasteiger charge is 2.33. The van der Waals surface area contributed by atoms with Gasteiger partial charge in [-0.2, -0.15) is 0 Å². The fourth-order valence-electron chi connectivity index (χ4n) is 2.58. The third-order valence-electron chi connectivity index (χ3n) is 4.15. The van der Waals surface area contributed by atoms with Crippen molar-refractivity contribution in [2.75, 3.05) is 13.7 Å². The number of nitrogens with one attached hydrogen (secondary N) is 1. The Kier molecular flexibility index (Phi) is 3.73. The van der Waals surface area contributed by atoms with Crippen LogP contribution in [0, 0.1) is 0 Å². The molecule has 1 aromatic carbocycles. The van der Waals surface area contributed by atoms with E-state index in [9.17, 15) is 5.11 Å². The normalized spacial score (nSPS) is 16.7. The molecule has 2 unspecified atom stereocenters. The minimum atomic E-state index is -0.0883. The van der Waals surface area contributed by atoms with E-state index >= 15 is 0 Å². The molecular formula is C15H21NO2. The molecule has 3 heteroatoms. The molecule has 2 aromatic rings. The Labute approximate surface area is 108 Å². The van der Waals surface area contributed by atoms with Crippen LogP contribution in [0.3, 0.4) is 0 Å². The highest BCUT2D eigenvalue weighted by Crippen LogP contribution is 2.33. The topological polar surface area (TPSA) is 45.4 Å². The lowest BCUT2D eigenvalue weighted by Crippen LogP contribution is -2.47. The summed E-state index contributed by atoms with van der Waals surface area (Å²) in [4.78, 5) is 0. The van der Waals surface area contributed by atoms with Gasteiger partial charge in [0.15, 0.2) is 0 Å². The van der Waals surface area contributed by atoms with E-state index in [2.05, 4.69) is 31.3 Å². The van der Waals surface area contributed by atoms with Crippen molar-refractivity contribution < 1.29 is 9.52 Å². The molecule has 98 valence electrons. The second-order valence-corrected chi connectivity index (χ2v) is 4.97. The predicted octanol–water partition coefficient (Wildman–Crippen LogP) is 2.68. The van der Waals surface area contributed by atoms with E-state index in [1.54, 1.807) is 6.26 Å². The average Bonchev–Trinajstić information content (AvgIpc) is 2.86. The molecule has 3 nitrogen and oxygen atoms in total. The number of benzene rings is 1. The average molecular weight is 247 g/mol. The van der Waals surface area contributed by atoms with Crippen LogP contribution in [0.1, 0.15) is 25.8 Å². The Morgan fingerprint density at radius 3 is 2.78 bits per heavy atom. The zero-order chi connectivity index (χ0) is 13.2. The van der Waals surface area contributed by atoms with Gasteiger partial charge >= 0.3 is 0 Å². The first kappa shape index (κ1) is 13.1. The summed E-state index contributed by atoms with van der Waals surface area (Å²) in [5.41, 5.74) is 2.05. The summed E-state index contributed by atoms with van der Waals surface area (Å²) < 4.78 is 5.37. The molecule has 0 radical (unpaired) electrons. The second kappa shape index (κ2) is 5.12. The van der Waals surface area contributed by atoms with Crippen LogP contribution in [0.4, 0.5) is 0 Å². The quantitative estimate of drug-likeness (QED) is 0.854. The number of furan rings is 1. The largest absolute Gasteiger partial charge is 0.464 e. The van der Waals surface area contributed by atoms with Gasteiger partial charge in [-0.15, -0.1) is 0 Å². The van der Waals surface area contributed by atoms with E-state index in [1.165, 1.54) is 5.56 Å². The van der Waals surface area contributed by atoms with E-state index in [4.69, 9.17) is 4.42 Å². The van der Waals surface area contributed by atoms with E-state index in [1.807, 2.05) is 19.2 Å². The lowest BCUT2D eigenvalue weighted by atomic mass is 9.74. The summed E-state index contributed by atoms with van der Waals surface area (Å²) in [6, 6.07) is 8.27. The SMILES string of the molecule is CCC(C)(c1ccc2occc2c1)C(CO)NC. The van der Waals surface area contributed by atoms with Crippen molar-refractivity contribution in [3.8, 4) is 0 Å². The molecule has 0 aliphatic carbocycles. The Bertz CT molecular complexity index is 516. The van der Waals surface area contributed by atoms with E-state index in [0.29, 0.717) is 0 Å². The van der Waals surface area contributed by atoms with Crippen molar-refractivity contribution in [2.24, 2.45) is 0 Å². The molecule has 0 saturated heterocycles. The van der Waals surface area contributed by atoms with Crippen LogP contribution in [-0.2, 0) is 5.41 Å². The summed E-state index contributed by atoms with van der Waals surface area (Å²) in [5.74, 6) is 0. The Morgan fingerprint density at radius 2 is 2.17 bits per heavy atom. The zero-order valence-electron chi connectivity index (χ0n) is 11.2. The van der Waals surface area contributed by atoms with Crippen molar-refractivity contribution in [2.45, 2.75) is 31.7 Å². The maximum Gasteiger partial charge on any atom is 0.133 e. The fourth-order valence-corrected chi connectivity index (χ4v) is 2.58. The van der Waals surface area contributed by atoms with Crippen molar-refractivity contribution in [1.82, 2.24) is 5.32 Å². The van der Waals surface area contributed by atoms with Gasteiger partial charge < -0.3 is 14.8 Å². The number of aliphatic hydroxyl groups excluding tert-OH is 1. The lowest BCUT2D eigenvalue weighted by Gasteiger charge is -2.36. The molecule has 0 amide bonds. The highest BCUT2D eigenvalue weighted by atomic mass is 16.3. The molecule has 2 N–H and O–H groups in total. The molecule has 0 aliphatic rings. The van der Waals surface area contributed by atoms with Gasteiger partial charge in [0.25, 0.3) is 0 Å². The minimum Gasteiger partial charge on any atom is -0.464 e. The first-order valence-corrected chi connectivity index (χ1v) is 6.41. The van der Waals surface area contributed by atoms with E-state index < -0.39 is 0 Å². The van der Waals surface area contributed by atoms with Crippen LogP contribution >= 0.6 is 0 Å². The van der Waals surface area contributed by atoms with E-state index in [-0.39, 0.29) is 18.1 Å². The fraction of sp³-hybridized carbons (Fsp3) is 0.467. The maximum absolute atomic E-state index is 9.55. The molecule has 0 saturated carbocycles. The molecule has 2 rings (SSSR count). The third kappa shape index (κ3) is 2.04. The Balaban J connectivity index is 2.47. The van der Waals surface area contributed by atoms with Crippen LogP contribution in [0.25, 0.3) is 11.0 Å². The molecule has 0 aliphatic heterocycles. The molecule has 1 aromatic heterocycles. The molecule has 0 spiro atoms. The smallest absolute Gasteiger partial charge is 0.133 e. The molecule has 0 bridgehead atoms. The van der Waals surface area contributed by atoms with Crippen LogP contribution in [0.2, 0.25) is 0 Å². The van der Waals surface area contributed by atoms with Crippen molar-refractivity contribution in [3.63, 3.8) is 0 Å². The number of aliphatic hydroxyl groups is 1. The van der Waals surface area contributed by atoms with Crippen molar-refractivity contribution in [3.05, 3.63) is 36.1 Å². The van der Waals surface area contributed by atoms with E-state index in [0.717, 1.165) is 17.4 Å². The summed E-state index contributed by atoms with van der Waals surface area (Å²) in [7, 11) is 1.89.